The largest absolute Gasteiger partial charge is 0.306 e. The molecule has 1 aliphatic carbocycles. The zero-order chi connectivity index (χ0) is 11.5. The van der Waals surface area contributed by atoms with Crippen LogP contribution in [0.3, 0.4) is 0 Å². The maximum Gasteiger partial charge on any atom is 0.248 e. The van der Waals surface area contributed by atoms with E-state index < -0.39 is 0 Å². The first-order valence-electron chi connectivity index (χ1n) is 5.68. The lowest BCUT2D eigenvalue weighted by molar-refractivity contribution is -0.111. The second kappa shape index (κ2) is 4.51. The third-order valence-electron chi connectivity index (χ3n) is 3.13. The van der Waals surface area contributed by atoms with E-state index >= 15 is 0 Å². The van der Waals surface area contributed by atoms with Crippen molar-refractivity contribution in [1.82, 2.24) is 9.78 Å². The van der Waals surface area contributed by atoms with E-state index in [1.807, 2.05) is 17.8 Å². The fourth-order valence-electron chi connectivity index (χ4n) is 2.32. The van der Waals surface area contributed by atoms with Crippen LogP contribution in [0.25, 0.3) is 0 Å². The topological polar surface area (TPSA) is 46.9 Å². The minimum absolute atomic E-state index is 0.212. The van der Waals surface area contributed by atoms with Crippen LogP contribution in [0, 0.1) is 0 Å². The van der Waals surface area contributed by atoms with Crippen LogP contribution in [0.4, 0.5) is 5.82 Å². The van der Waals surface area contributed by atoms with E-state index in [1.165, 1.54) is 37.5 Å². The molecule has 1 aromatic heterocycles. The molecule has 0 spiro atoms. The molecule has 0 aromatic carbocycles. The number of nitrogens with one attached hydrogen (secondary N) is 1. The molecule has 1 aliphatic rings. The van der Waals surface area contributed by atoms with E-state index in [4.69, 9.17) is 0 Å². The highest BCUT2D eigenvalue weighted by molar-refractivity contribution is 5.98. The summed E-state index contributed by atoms with van der Waals surface area (Å²) in [6, 6.07) is 1.97. The number of aromatic nitrogens is 2. The maximum atomic E-state index is 11.1. The van der Waals surface area contributed by atoms with E-state index in [-0.39, 0.29) is 5.91 Å². The van der Waals surface area contributed by atoms with Gasteiger partial charge in [-0.25, -0.2) is 0 Å². The first kappa shape index (κ1) is 10.9. The number of amides is 1. The van der Waals surface area contributed by atoms with Gasteiger partial charge in [-0.05, 0) is 18.9 Å². The number of anilines is 1. The van der Waals surface area contributed by atoms with Crippen LogP contribution in [0.15, 0.2) is 18.7 Å². The number of hydrogen-bond donors (Lipinski definition) is 1. The van der Waals surface area contributed by atoms with Gasteiger partial charge in [-0.1, -0.05) is 19.4 Å². The molecule has 2 rings (SSSR count). The monoisotopic (exact) mass is 219 g/mol. The van der Waals surface area contributed by atoms with Gasteiger partial charge in [0.2, 0.25) is 5.91 Å². The van der Waals surface area contributed by atoms with Crippen molar-refractivity contribution in [2.75, 3.05) is 5.32 Å². The molecule has 16 heavy (non-hydrogen) atoms. The minimum Gasteiger partial charge on any atom is -0.306 e. The van der Waals surface area contributed by atoms with Crippen LogP contribution in [0.5, 0.6) is 0 Å². The molecule has 4 heteroatoms. The summed E-state index contributed by atoms with van der Waals surface area (Å²) in [7, 11) is 1.93. The van der Waals surface area contributed by atoms with Gasteiger partial charge in [-0.15, -0.1) is 0 Å². The Bertz CT molecular complexity index is 402. The summed E-state index contributed by atoms with van der Waals surface area (Å²) in [5.41, 5.74) is 1.22. The smallest absolute Gasteiger partial charge is 0.248 e. The third-order valence-corrected chi connectivity index (χ3v) is 3.13. The van der Waals surface area contributed by atoms with Crippen molar-refractivity contribution in [2.45, 2.75) is 31.6 Å². The van der Waals surface area contributed by atoms with Crippen molar-refractivity contribution in [2.24, 2.45) is 7.05 Å². The molecule has 1 fully saturated rings. The number of carbonyl (C=O) groups is 1. The summed E-state index contributed by atoms with van der Waals surface area (Å²) >= 11 is 0. The van der Waals surface area contributed by atoms with Crippen LogP contribution in [-0.4, -0.2) is 15.7 Å². The van der Waals surface area contributed by atoms with Crippen molar-refractivity contribution in [1.29, 1.82) is 0 Å². The fraction of sp³-hybridized carbons (Fsp3) is 0.500. The summed E-state index contributed by atoms with van der Waals surface area (Å²) in [5.74, 6) is 1.01. The molecular weight excluding hydrogens is 202 g/mol. The highest BCUT2D eigenvalue weighted by atomic mass is 16.1. The second-order valence-corrected chi connectivity index (χ2v) is 4.25. The third kappa shape index (κ3) is 2.15. The van der Waals surface area contributed by atoms with Crippen molar-refractivity contribution >= 4 is 11.7 Å². The molecule has 1 saturated carbocycles. The number of carbonyl (C=O) groups excluding carboxylic acids is 1. The SMILES string of the molecule is C=CC(=O)Nc1cc(C2CCCC2)n(C)n1. The standard InChI is InChI=1S/C12H17N3O/c1-3-12(16)13-11-8-10(15(2)14-11)9-6-4-5-7-9/h3,8-9H,1,4-7H2,2H3,(H,13,14,16). The zero-order valence-corrected chi connectivity index (χ0v) is 9.57. The van der Waals surface area contributed by atoms with Crippen LogP contribution >= 0.6 is 0 Å². The quantitative estimate of drug-likeness (QED) is 0.792. The Hall–Kier alpha value is -1.58. The predicted octanol–water partition coefficient (Wildman–Crippen LogP) is 2.20. The van der Waals surface area contributed by atoms with Gasteiger partial charge in [0.15, 0.2) is 5.82 Å². The van der Waals surface area contributed by atoms with Gasteiger partial charge < -0.3 is 5.32 Å². The Morgan fingerprint density at radius 3 is 2.94 bits per heavy atom. The summed E-state index contributed by atoms with van der Waals surface area (Å²) in [6.45, 7) is 3.42. The number of hydrogen-bond acceptors (Lipinski definition) is 2. The Balaban J connectivity index is 2.14. The minimum atomic E-state index is -0.212. The van der Waals surface area contributed by atoms with Crippen LogP contribution in [0.2, 0.25) is 0 Å². The lowest BCUT2D eigenvalue weighted by Gasteiger charge is -2.07. The molecule has 0 atom stereocenters. The average molecular weight is 219 g/mol. The number of nitrogens with zero attached hydrogens (tertiary/aromatic N) is 2. The lowest BCUT2D eigenvalue weighted by Crippen LogP contribution is -2.08. The van der Waals surface area contributed by atoms with Gasteiger partial charge in [0, 0.05) is 24.7 Å². The van der Waals surface area contributed by atoms with Crippen LogP contribution in [-0.2, 0) is 11.8 Å². The number of aryl methyl sites for hydroxylation is 1. The molecule has 1 heterocycles. The molecule has 0 aliphatic heterocycles. The molecule has 1 amide bonds. The fourth-order valence-corrected chi connectivity index (χ4v) is 2.32. The average Bonchev–Trinajstić information content (AvgIpc) is 2.87. The van der Waals surface area contributed by atoms with Crippen LogP contribution in [0.1, 0.15) is 37.3 Å². The Morgan fingerprint density at radius 2 is 2.31 bits per heavy atom. The highest BCUT2D eigenvalue weighted by Crippen LogP contribution is 2.34. The molecule has 4 nitrogen and oxygen atoms in total. The highest BCUT2D eigenvalue weighted by Gasteiger charge is 2.21. The molecular formula is C12H17N3O. The molecule has 86 valence electrons. The van der Waals surface area contributed by atoms with Crippen LogP contribution < -0.4 is 5.32 Å². The van der Waals surface area contributed by atoms with Crippen molar-refractivity contribution < 1.29 is 4.79 Å². The van der Waals surface area contributed by atoms with E-state index in [9.17, 15) is 4.79 Å². The predicted molar refractivity (Wildman–Crippen MR) is 63.2 cm³/mol. The first-order chi connectivity index (χ1) is 7.70. The summed E-state index contributed by atoms with van der Waals surface area (Å²) < 4.78 is 1.87. The molecule has 0 bridgehead atoms. The summed E-state index contributed by atoms with van der Waals surface area (Å²) in [4.78, 5) is 11.1. The molecule has 0 radical (unpaired) electrons. The van der Waals surface area contributed by atoms with E-state index in [0.717, 1.165) is 0 Å². The van der Waals surface area contributed by atoms with Gasteiger partial charge in [0.05, 0.1) is 0 Å². The summed E-state index contributed by atoms with van der Waals surface area (Å²) in [5, 5.41) is 6.97. The molecule has 1 N–H and O–H groups in total. The maximum absolute atomic E-state index is 11.1. The van der Waals surface area contributed by atoms with Gasteiger partial charge in [-0.3, -0.25) is 9.48 Å². The second-order valence-electron chi connectivity index (χ2n) is 4.25. The first-order valence-corrected chi connectivity index (χ1v) is 5.68. The van der Waals surface area contributed by atoms with Crippen molar-refractivity contribution in [3.63, 3.8) is 0 Å². The normalized spacial score (nSPS) is 16.3. The van der Waals surface area contributed by atoms with E-state index in [0.29, 0.717) is 11.7 Å². The lowest BCUT2D eigenvalue weighted by atomic mass is 10.0. The van der Waals surface area contributed by atoms with Gasteiger partial charge in [-0.2, -0.15) is 5.10 Å². The Morgan fingerprint density at radius 1 is 1.62 bits per heavy atom. The van der Waals surface area contributed by atoms with Crippen molar-refractivity contribution in [3.8, 4) is 0 Å². The van der Waals surface area contributed by atoms with E-state index in [2.05, 4.69) is 17.0 Å². The van der Waals surface area contributed by atoms with Gasteiger partial charge in [0.25, 0.3) is 0 Å². The Kier molecular flexibility index (Phi) is 3.08. The van der Waals surface area contributed by atoms with Crippen molar-refractivity contribution in [3.05, 3.63) is 24.4 Å². The summed E-state index contributed by atoms with van der Waals surface area (Å²) in [6.07, 6.45) is 6.31. The number of rotatable bonds is 3. The van der Waals surface area contributed by atoms with Gasteiger partial charge >= 0.3 is 0 Å². The molecule has 0 saturated heterocycles. The van der Waals surface area contributed by atoms with Gasteiger partial charge in [0.1, 0.15) is 0 Å². The zero-order valence-electron chi connectivity index (χ0n) is 9.57. The molecule has 0 unspecified atom stereocenters. The van der Waals surface area contributed by atoms with E-state index in [1.54, 1.807) is 0 Å². The Labute approximate surface area is 95.3 Å². The molecule has 1 aromatic rings.